The first-order valence-corrected chi connectivity index (χ1v) is 7.87. The molecule has 1 aromatic heterocycles. The summed E-state index contributed by atoms with van der Waals surface area (Å²) in [7, 11) is 0. The van der Waals surface area contributed by atoms with Crippen LogP contribution in [-0.2, 0) is 0 Å². The minimum Gasteiger partial charge on any atom is -0.337 e. The number of fused-ring (bicyclic) bond motifs is 1. The predicted octanol–water partition coefficient (Wildman–Crippen LogP) is 3.26. The highest BCUT2D eigenvalue weighted by Gasteiger charge is 2.28. The van der Waals surface area contributed by atoms with E-state index in [0.717, 1.165) is 30.5 Å². The van der Waals surface area contributed by atoms with E-state index in [1.165, 1.54) is 5.56 Å². The predicted molar refractivity (Wildman–Crippen MR) is 89.2 cm³/mol. The van der Waals surface area contributed by atoms with Gasteiger partial charge < -0.3 is 4.90 Å². The Hall–Kier alpha value is -2.75. The number of hydrogen-bond donors (Lipinski definition) is 0. The zero-order chi connectivity index (χ0) is 15.6. The summed E-state index contributed by atoms with van der Waals surface area (Å²) in [6.07, 6.45) is 2.58. The molecule has 1 aliphatic heterocycles. The molecule has 4 rings (SSSR count). The van der Waals surface area contributed by atoms with Crippen LogP contribution < -0.4 is 0 Å². The van der Waals surface area contributed by atoms with Crippen LogP contribution >= 0.6 is 0 Å². The Labute approximate surface area is 134 Å². The fourth-order valence-corrected chi connectivity index (χ4v) is 3.16. The van der Waals surface area contributed by atoms with E-state index in [1.807, 2.05) is 35.2 Å². The summed E-state index contributed by atoms with van der Waals surface area (Å²) in [4.78, 5) is 23.4. The molecule has 1 saturated heterocycles. The fourth-order valence-electron chi connectivity index (χ4n) is 3.16. The minimum absolute atomic E-state index is 0.0262. The van der Waals surface area contributed by atoms with Crippen LogP contribution in [0.2, 0.25) is 0 Å². The molecule has 2 heterocycles. The molecule has 0 bridgehead atoms. The molecule has 114 valence electrons. The van der Waals surface area contributed by atoms with E-state index in [4.69, 9.17) is 0 Å². The SMILES string of the molecule is O=C(c1cnc2ccccc2n1)N1CCC(c2ccccc2)C1. The average molecular weight is 303 g/mol. The first-order valence-electron chi connectivity index (χ1n) is 7.87. The van der Waals surface area contributed by atoms with Crippen molar-refractivity contribution in [3.63, 3.8) is 0 Å². The van der Waals surface area contributed by atoms with Crippen LogP contribution in [0.4, 0.5) is 0 Å². The molecule has 0 spiro atoms. The van der Waals surface area contributed by atoms with Crippen LogP contribution in [0.25, 0.3) is 11.0 Å². The van der Waals surface area contributed by atoms with Crippen molar-refractivity contribution >= 4 is 16.9 Å². The molecule has 1 aliphatic rings. The lowest BCUT2D eigenvalue weighted by atomic mass is 9.99. The van der Waals surface area contributed by atoms with Crippen molar-refractivity contribution < 1.29 is 4.79 Å². The second-order valence-electron chi connectivity index (χ2n) is 5.89. The number of carbonyl (C=O) groups is 1. The second kappa shape index (κ2) is 5.80. The number of likely N-dealkylation sites (tertiary alicyclic amines) is 1. The number of amides is 1. The van der Waals surface area contributed by atoms with Crippen LogP contribution in [0, 0.1) is 0 Å². The van der Waals surface area contributed by atoms with Gasteiger partial charge in [0.2, 0.25) is 0 Å². The van der Waals surface area contributed by atoms with E-state index in [-0.39, 0.29) is 5.91 Å². The molecule has 4 nitrogen and oxygen atoms in total. The molecule has 1 fully saturated rings. The minimum atomic E-state index is -0.0262. The summed E-state index contributed by atoms with van der Waals surface area (Å²) in [5.41, 5.74) is 3.30. The van der Waals surface area contributed by atoms with Gasteiger partial charge in [-0.2, -0.15) is 0 Å². The van der Waals surface area contributed by atoms with E-state index < -0.39 is 0 Å². The molecule has 4 heteroatoms. The number of hydrogen-bond acceptors (Lipinski definition) is 3. The second-order valence-corrected chi connectivity index (χ2v) is 5.89. The third-order valence-electron chi connectivity index (χ3n) is 4.41. The molecule has 23 heavy (non-hydrogen) atoms. The van der Waals surface area contributed by atoms with Gasteiger partial charge in [-0.3, -0.25) is 9.78 Å². The largest absolute Gasteiger partial charge is 0.337 e. The zero-order valence-electron chi connectivity index (χ0n) is 12.7. The van der Waals surface area contributed by atoms with Crippen LogP contribution in [0.5, 0.6) is 0 Å². The quantitative estimate of drug-likeness (QED) is 0.730. The third-order valence-corrected chi connectivity index (χ3v) is 4.41. The van der Waals surface area contributed by atoms with Crippen molar-refractivity contribution in [2.24, 2.45) is 0 Å². The summed E-state index contributed by atoms with van der Waals surface area (Å²) >= 11 is 0. The Morgan fingerprint density at radius 2 is 1.74 bits per heavy atom. The monoisotopic (exact) mass is 303 g/mol. The molecule has 2 aromatic carbocycles. The van der Waals surface area contributed by atoms with Crippen LogP contribution in [0.1, 0.15) is 28.4 Å². The van der Waals surface area contributed by atoms with Gasteiger partial charge in [0, 0.05) is 19.0 Å². The standard InChI is InChI=1S/C19H17N3O/c23-19(18-12-20-16-8-4-5-9-17(16)21-18)22-11-10-15(13-22)14-6-2-1-3-7-14/h1-9,12,15H,10-11,13H2. The Bertz CT molecular complexity index is 847. The Morgan fingerprint density at radius 1 is 1.00 bits per heavy atom. The molecular formula is C19H17N3O. The molecule has 0 aliphatic carbocycles. The highest BCUT2D eigenvalue weighted by Crippen LogP contribution is 2.27. The first-order chi connectivity index (χ1) is 11.3. The summed E-state index contributed by atoms with van der Waals surface area (Å²) in [5.74, 6) is 0.384. The van der Waals surface area contributed by atoms with Crippen LogP contribution in [0.15, 0.2) is 60.8 Å². The summed E-state index contributed by atoms with van der Waals surface area (Å²) in [6.45, 7) is 1.52. The van der Waals surface area contributed by atoms with Gasteiger partial charge in [0.05, 0.1) is 17.2 Å². The smallest absolute Gasteiger partial charge is 0.274 e. The molecule has 3 aromatic rings. The van der Waals surface area contributed by atoms with Crippen molar-refractivity contribution in [3.8, 4) is 0 Å². The third kappa shape index (κ3) is 2.68. The summed E-state index contributed by atoms with van der Waals surface area (Å²) in [6, 6.07) is 18.0. The molecule has 0 radical (unpaired) electrons. The van der Waals surface area contributed by atoms with Crippen molar-refractivity contribution in [1.29, 1.82) is 0 Å². The Balaban J connectivity index is 1.55. The molecule has 1 unspecified atom stereocenters. The van der Waals surface area contributed by atoms with Gasteiger partial charge >= 0.3 is 0 Å². The van der Waals surface area contributed by atoms with Gasteiger partial charge in [-0.1, -0.05) is 42.5 Å². The Morgan fingerprint density at radius 3 is 2.57 bits per heavy atom. The number of nitrogens with zero attached hydrogens (tertiary/aromatic N) is 3. The maximum atomic E-state index is 12.7. The summed E-state index contributed by atoms with van der Waals surface area (Å²) < 4.78 is 0. The first kappa shape index (κ1) is 13.9. The van der Waals surface area contributed by atoms with E-state index in [9.17, 15) is 4.79 Å². The van der Waals surface area contributed by atoms with E-state index in [2.05, 4.69) is 34.2 Å². The molecule has 0 saturated carbocycles. The number of carbonyl (C=O) groups excluding carboxylic acids is 1. The summed E-state index contributed by atoms with van der Waals surface area (Å²) in [5, 5.41) is 0. The van der Waals surface area contributed by atoms with Crippen molar-refractivity contribution in [2.45, 2.75) is 12.3 Å². The van der Waals surface area contributed by atoms with Crippen LogP contribution in [0.3, 0.4) is 0 Å². The number of aromatic nitrogens is 2. The van der Waals surface area contributed by atoms with Gasteiger partial charge in [-0.25, -0.2) is 4.98 Å². The highest BCUT2D eigenvalue weighted by molar-refractivity contribution is 5.94. The highest BCUT2D eigenvalue weighted by atomic mass is 16.2. The van der Waals surface area contributed by atoms with Crippen molar-refractivity contribution in [2.75, 3.05) is 13.1 Å². The van der Waals surface area contributed by atoms with E-state index in [0.29, 0.717) is 11.6 Å². The lowest BCUT2D eigenvalue weighted by molar-refractivity contribution is 0.0785. The maximum absolute atomic E-state index is 12.7. The molecule has 0 N–H and O–H groups in total. The molecule has 1 atom stereocenters. The Kier molecular flexibility index (Phi) is 3.50. The number of rotatable bonds is 2. The van der Waals surface area contributed by atoms with Gasteiger partial charge in [-0.05, 0) is 24.1 Å². The van der Waals surface area contributed by atoms with E-state index >= 15 is 0 Å². The van der Waals surface area contributed by atoms with Crippen molar-refractivity contribution in [3.05, 3.63) is 72.1 Å². The zero-order valence-corrected chi connectivity index (χ0v) is 12.7. The lowest BCUT2D eigenvalue weighted by Gasteiger charge is -2.16. The maximum Gasteiger partial charge on any atom is 0.274 e. The normalized spacial score (nSPS) is 17.6. The molecule has 1 amide bonds. The van der Waals surface area contributed by atoms with Gasteiger partial charge in [-0.15, -0.1) is 0 Å². The average Bonchev–Trinajstić information content (AvgIpc) is 3.11. The number of para-hydroxylation sites is 2. The fraction of sp³-hybridized carbons (Fsp3) is 0.211. The van der Waals surface area contributed by atoms with E-state index in [1.54, 1.807) is 6.20 Å². The van der Waals surface area contributed by atoms with Gasteiger partial charge in [0.25, 0.3) is 5.91 Å². The lowest BCUT2D eigenvalue weighted by Crippen LogP contribution is -2.29. The van der Waals surface area contributed by atoms with Gasteiger partial charge in [0.15, 0.2) is 0 Å². The van der Waals surface area contributed by atoms with Gasteiger partial charge in [0.1, 0.15) is 5.69 Å². The van der Waals surface area contributed by atoms with Crippen LogP contribution in [-0.4, -0.2) is 33.9 Å². The number of benzene rings is 2. The topological polar surface area (TPSA) is 46.1 Å². The van der Waals surface area contributed by atoms with Crippen molar-refractivity contribution in [1.82, 2.24) is 14.9 Å². The molecular weight excluding hydrogens is 286 g/mol.